The highest BCUT2D eigenvalue weighted by Gasteiger charge is 2.20. The van der Waals surface area contributed by atoms with E-state index in [0.717, 1.165) is 29.9 Å². The summed E-state index contributed by atoms with van der Waals surface area (Å²) in [6.45, 7) is 9.27. The van der Waals surface area contributed by atoms with E-state index < -0.39 is 0 Å². The van der Waals surface area contributed by atoms with Gasteiger partial charge in [-0.1, -0.05) is 32.0 Å². The molecule has 2 aromatic carbocycles. The first-order valence-electron chi connectivity index (χ1n) is 9.67. The molecule has 3 nitrogen and oxygen atoms in total. The predicted octanol–water partition coefficient (Wildman–Crippen LogP) is 5.56. The topological polar surface area (TPSA) is 38.7 Å². The number of hydrogen-bond donors (Lipinski definition) is 1. The maximum absolute atomic E-state index is 9.98. The molecule has 0 aliphatic carbocycles. The molecule has 2 unspecified atom stereocenters. The van der Waals surface area contributed by atoms with E-state index in [0.29, 0.717) is 11.9 Å². The minimum absolute atomic E-state index is 0.0228. The summed E-state index contributed by atoms with van der Waals surface area (Å²) in [7, 11) is 1.70. The molecule has 0 fully saturated rings. The van der Waals surface area contributed by atoms with E-state index in [1.54, 1.807) is 7.11 Å². The molecule has 0 saturated heterocycles. The van der Waals surface area contributed by atoms with E-state index in [-0.39, 0.29) is 11.9 Å². The van der Waals surface area contributed by atoms with Gasteiger partial charge in [-0.05, 0) is 61.6 Å². The molecule has 1 N–H and O–H groups in total. The third-order valence-electron chi connectivity index (χ3n) is 4.80. The zero-order valence-electron chi connectivity index (χ0n) is 17.1. The molecule has 2 atom stereocenters. The van der Waals surface area contributed by atoms with Crippen molar-refractivity contribution < 1.29 is 14.6 Å². The van der Waals surface area contributed by atoms with Crippen LogP contribution in [-0.2, 0) is 6.42 Å². The lowest BCUT2D eigenvalue weighted by atomic mass is 9.96. The number of aliphatic hydroxyl groups is 1. The van der Waals surface area contributed by atoms with Gasteiger partial charge in [0, 0.05) is 10.8 Å². The molecule has 0 bridgehead atoms. The van der Waals surface area contributed by atoms with Crippen LogP contribution in [0.15, 0.2) is 36.4 Å². The second kappa shape index (κ2) is 10.6. The summed E-state index contributed by atoms with van der Waals surface area (Å²) < 4.78 is 11.2. The van der Waals surface area contributed by atoms with Crippen molar-refractivity contribution >= 4 is 11.8 Å². The van der Waals surface area contributed by atoms with Crippen molar-refractivity contribution in [2.75, 3.05) is 20.3 Å². The van der Waals surface area contributed by atoms with Gasteiger partial charge in [-0.25, -0.2) is 0 Å². The highest BCUT2D eigenvalue weighted by atomic mass is 32.2. The fourth-order valence-corrected chi connectivity index (χ4v) is 4.22. The Balaban J connectivity index is 2.30. The van der Waals surface area contributed by atoms with Gasteiger partial charge >= 0.3 is 0 Å². The predicted molar refractivity (Wildman–Crippen MR) is 115 cm³/mol. The Morgan fingerprint density at radius 1 is 1.11 bits per heavy atom. The Morgan fingerprint density at radius 2 is 1.81 bits per heavy atom. The first-order valence-corrected chi connectivity index (χ1v) is 10.6. The lowest BCUT2D eigenvalue weighted by molar-refractivity contribution is 0.293. The molecule has 0 aliphatic heterocycles. The lowest BCUT2D eigenvalue weighted by Crippen LogP contribution is -2.08. The van der Waals surface area contributed by atoms with Crippen LogP contribution in [0.1, 0.15) is 54.7 Å². The van der Waals surface area contributed by atoms with Crippen molar-refractivity contribution in [3.05, 3.63) is 58.7 Å². The second-order valence-corrected chi connectivity index (χ2v) is 8.45. The molecular weight excluding hydrogens is 356 g/mol. The summed E-state index contributed by atoms with van der Waals surface area (Å²) in [6, 6.07) is 12.6. The average molecular weight is 389 g/mol. The average Bonchev–Trinajstić information content (AvgIpc) is 2.68. The number of aryl methyl sites for hydroxylation is 1. The van der Waals surface area contributed by atoms with E-state index >= 15 is 0 Å². The molecule has 0 aliphatic rings. The molecule has 2 aromatic rings. The normalized spacial score (nSPS) is 13.3. The largest absolute Gasteiger partial charge is 0.496 e. The van der Waals surface area contributed by atoms with Crippen LogP contribution in [0.4, 0.5) is 0 Å². The van der Waals surface area contributed by atoms with Gasteiger partial charge in [0.15, 0.2) is 0 Å². The van der Waals surface area contributed by atoms with Crippen LogP contribution in [0.5, 0.6) is 11.5 Å². The maximum atomic E-state index is 9.98. The molecule has 2 rings (SSSR count). The van der Waals surface area contributed by atoms with E-state index in [1.165, 1.54) is 16.7 Å². The zero-order valence-corrected chi connectivity index (χ0v) is 17.9. The van der Waals surface area contributed by atoms with E-state index in [1.807, 2.05) is 30.8 Å². The molecule has 4 heteroatoms. The van der Waals surface area contributed by atoms with Gasteiger partial charge in [-0.15, -0.1) is 11.8 Å². The van der Waals surface area contributed by atoms with Crippen molar-refractivity contribution in [2.24, 2.45) is 0 Å². The van der Waals surface area contributed by atoms with Crippen molar-refractivity contribution in [3.63, 3.8) is 0 Å². The maximum Gasteiger partial charge on any atom is 0.123 e. The van der Waals surface area contributed by atoms with Gasteiger partial charge in [-0.2, -0.15) is 0 Å². The number of ether oxygens (including phenoxy) is 2. The minimum atomic E-state index is 0.0228. The summed E-state index contributed by atoms with van der Waals surface area (Å²) in [5.74, 6) is 1.76. The summed E-state index contributed by atoms with van der Waals surface area (Å²) in [4.78, 5) is 0. The molecule has 27 heavy (non-hydrogen) atoms. The third kappa shape index (κ3) is 5.91. The molecule has 0 spiro atoms. The SMILES string of the molecule is CCOc1ccc(Cc2cc(C(CO)SC(C)CC)c(OC)cc2C)cc1. The van der Waals surface area contributed by atoms with E-state index in [4.69, 9.17) is 9.47 Å². The number of hydrogen-bond acceptors (Lipinski definition) is 4. The minimum Gasteiger partial charge on any atom is -0.496 e. The Morgan fingerprint density at radius 3 is 2.37 bits per heavy atom. The van der Waals surface area contributed by atoms with Crippen molar-refractivity contribution in [1.29, 1.82) is 0 Å². The van der Waals surface area contributed by atoms with Crippen LogP contribution in [0.25, 0.3) is 0 Å². The van der Waals surface area contributed by atoms with Gasteiger partial charge in [0.25, 0.3) is 0 Å². The molecule has 148 valence electrons. The van der Waals surface area contributed by atoms with Gasteiger partial charge in [0.2, 0.25) is 0 Å². The summed E-state index contributed by atoms with van der Waals surface area (Å²) in [5, 5.41) is 10.5. The van der Waals surface area contributed by atoms with Gasteiger partial charge in [-0.3, -0.25) is 0 Å². The first-order chi connectivity index (χ1) is 13.0. The van der Waals surface area contributed by atoms with E-state index in [2.05, 4.69) is 45.0 Å². The van der Waals surface area contributed by atoms with Gasteiger partial charge in [0.1, 0.15) is 11.5 Å². The van der Waals surface area contributed by atoms with Gasteiger partial charge in [0.05, 0.1) is 25.6 Å². The summed E-state index contributed by atoms with van der Waals surface area (Å²) >= 11 is 1.81. The van der Waals surface area contributed by atoms with Crippen molar-refractivity contribution in [2.45, 2.75) is 51.0 Å². The summed E-state index contributed by atoms with van der Waals surface area (Å²) in [6.07, 6.45) is 1.93. The third-order valence-corrected chi connectivity index (χ3v) is 6.33. The quantitative estimate of drug-likeness (QED) is 0.578. The van der Waals surface area contributed by atoms with Crippen LogP contribution in [0, 0.1) is 6.92 Å². The highest BCUT2D eigenvalue weighted by molar-refractivity contribution is 8.00. The Bertz CT molecular complexity index is 712. The Labute approximate surface area is 168 Å². The monoisotopic (exact) mass is 388 g/mol. The second-order valence-electron chi connectivity index (χ2n) is 6.80. The first kappa shape index (κ1) is 21.6. The number of methoxy groups -OCH3 is 1. The number of thioether (sulfide) groups is 1. The van der Waals surface area contributed by atoms with Crippen LogP contribution < -0.4 is 9.47 Å². The molecule has 0 heterocycles. The van der Waals surface area contributed by atoms with E-state index in [9.17, 15) is 5.11 Å². The summed E-state index contributed by atoms with van der Waals surface area (Å²) in [5.41, 5.74) is 4.79. The molecule has 0 aromatic heterocycles. The fourth-order valence-electron chi connectivity index (χ4n) is 3.05. The fraction of sp³-hybridized carbons (Fsp3) is 0.478. The molecule has 0 saturated carbocycles. The van der Waals surface area contributed by atoms with Crippen LogP contribution in [0.3, 0.4) is 0 Å². The molecular formula is C23H32O3S. The smallest absolute Gasteiger partial charge is 0.123 e. The van der Waals surface area contributed by atoms with Crippen LogP contribution >= 0.6 is 11.8 Å². The number of benzene rings is 2. The molecule has 0 radical (unpaired) electrons. The zero-order chi connectivity index (χ0) is 19.8. The molecule has 0 amide bonds. The lowest BCUT2D eigenvalue weighted by Gasteiger charge is -2.22. The van der Waals surface area contributed by atoms with Crippen molar-refractivity contribution in [3.8, 4) is 11.5 Å². The highest BCUT2D eigenvalue weighted by Crippen LogP contribution is 2.39. The standard InChI is InChI=1S/C23H32O3S/c1-6-17(4)27-23(15-24)21-14-19(16(3)12-22(21)25-5)13-18-8-10-20(11-9-18)26-7-2/h8-12,14,17,23-24H,6-7,13,15H2,1-5H3. The number of rotatable bonds is 10. The van der Waals surface area contributed by atoms with Crippen LogP contribution in [-0.4, -0.2) is 30.7 Å². The Hall–Kier alpha value is -1.65. The number of aliphatic hydroxyl groups excluding tert-OH is 1. The van der Waals surface area contributed by atoms with Crippen LogP contribution in [0.2, 0.25) is 0 Å². The van der Waals surface area contributed by atoms with Crippen molar-refractivity contribution in [1.82, 2.24) is 0 Å². The van der Waals surface area contributed by atoms with Gasteiger partial charge < -0.3 is 14.6 Å². The Kier molecular flexibility index (Phi) is 8.52.